The number of ether oxygens (including phenoxy) is 1. The molecule has 8 heteroatoms. The van der Waals surface area contributed by atoms with Crippen LogP contribution in [0.15, 0.2) is 53.4 Å². The van der Waals surface area contributed by atoms with Gasteiger partial charge in [0.1, 0.15) is 12.7 Å². The van der Waals surface area contributed by atoms with E-state index in [1.165, 1.54) is 17.7 Å². The molecular weight excluding hydrogens is 382 g/mol. The number of carbonyl (C=O) groups is 1. The Kier molecular flexibility index (Phi) is 6.33. The molecule has 150 valence electrons. The highest BCUT2D eigenvalue weighted by molar-refractivity contribution is 7.86. The van der Waals surface area contributed by atoms with Crippen molar-refractivity contribution in [2.75, 3.05) is 19.8 Å². The van der Waals surface area contributed by atoms with Crippen molar-refractivity contribution in [3.05, 3.63) is 65.2 Å². The Morgan fingerprint density at radius 1 is 1.11 bits per heavy atom. The third-order valence-electron chi connectivity index (χ3n) is 4.51. The van der Waals surface area contributed by atoms with Crippen LogP contribution in [-0.4, -0.2) is 50.4 Å². The molecule has 1 unspecified atom stereocenters. The summed E-state index contributed by atoms with van der Waals surface area (Å²) in [6, 6.07) is 14.1. The quantitative estimate of drug-likeness (QED) is 0.741. The largest absolute Gasteiger partial charge is 0.447 e. The number of nitrogens with zero attached hydrogens (tertiary/aromatic N) is 1. The zero-order chi connectivity index (χ0) is 20.1. The second-order valence-corrected chi connectivity index (χ2v) is 8.34. The molecule has 0 spiro atoms. The van der Waals surface area contributed by atoms with Gasteiger partial charge >= 0.3 is 6.09 Å². The minimum atomic E-state index is -3.98. The third kappa shape index (κ3) is 5.09. The molecule has 7 nitrogen and oxygen atoms in total. The predicted molar refractivity (Wildman–Crippen MR) is 102 cm³/mol. The summed E-state index contributed by atoms with van der Waals surface area (Å²) in [4.78, 5) is 13.8. The zero-order valence-electron chi connectivity index (χ0n) is 15.6. The molecule has 0 aromatic heterocycles. The Bertz CT molecular complexity index is 926. The van der Waals surface area contributed by atoms with Crippen molar-refractivity contribution in [3.8, 4) is 0 Å². The standard InChI is InChI=1S/C20H23NO6S/c1-15-6-8-19(9-7-15)28(24,25)27-14-18(22)13-26-20(23)21-11-10-16-4-2-3-5-17(16)12-21/h2-9,18,22H,10-14H2,1H3. The average Bonchev–Trinajstić information content (AvgIpc) is 2.70. The molecule has 0 fully saturated rings. The van der Waals surface area contributed by atoms with E-state index in [0.717, 1.165) is 17.5 Å². The predicted octanol–water partition coefficient (Wildman–Crippen LogP) is 2.26. The van der Waals surface area contributed by atoms with E-state index < -0.39 is 28.9 Å². The van der Waals surface area contributed by atoms with Gasteiger partial charge in [0.25, 0.3) is 10.1 Å². The summed E-state index contributed by atoms with van der Waals surface area (Å²) in [5.41, 5.74) is 3.20. The molecule has 0 radical (unpaired) electrons. The highest BCUT2D eigenvalue weighted by atomic mass is 32.2. The molecule has 2 aromatic carbocycles. The van der Waals surface area contributed by atoms with Crippen LogP contribution in [-0.2, 0) is 32.0 Å². The molecule has 3 rings (SSSR count). The Morgan fingerprint density at radius 2 is 1.79 bits per heavy atom. The molecule has 1 atom stereocenters. The lowest BCUT2D eigenvalue weighted by atomic mass is 10.0. The van der Waals surface area contributed by atoms with Gasteiger partial charge in [0.15, 0.2) is 0 Å². The van der Waals surface area contributed by atoms with Crippen LogP contribution in [0.4, 0.5) is 4.79 Å². The van der Waals surface area contributed by atoms with E-state index in [1.807, 2.05) is 31.2 Å². The summed E-state index contributed by atoms with van der Waals surface area (Å²) in [6.07, 6.45) is -1.05. The fraction of sp³-hybridized carbons (Fsp3) is 0.350. The molecule has 1 N–H and O–H groups in total. The number of aryl methyl sites for hydroxylation is 1. The van der Waals surface area contributed by atoms with Crippen LogP contribution in [0.1, 0.15) is 16.7 Å². The van der Waals surface area contributed by atoms with Gasteiger partial charge in [-0.3, -0.25) is 4.18 Å². The molecule has 1 amide bonds. The molecule has 0 saturated heterocycles. The molecule has 0 aliphatic carbocycles. The van der Waals surface area contributed by atoms with Gasteiger partial charge in [0.2, 0.25) is 0 Å². The Hall–Kier alpha value is -2.42. The molecule has 28 heavy (non-hydrogen) atoms. The number of amides is 1. The smallest absolute Gasteiger partial charge is 0.410 e. The van der Waals surface area contributed by atoms with Crippen molar-refractivity contribution >= 4 is 16.2 Å². The van der Waals surface area contributed by atoms with Gasteiger partial charge in [-0.1, -0.05) is 42.0 Å². The van der Waals surface area contributed by atoms with Crippen molar-refractivity contribution in [1.29, 1.82) is 0 Å². The van der Waals surface area contributed by atoms with E-state index in [9.17, 15) is 18.3 Å². The van der Waals surface area contributed by atoms with Gasteiger partial charge in [-0.2, -0.15) is 8.42 Å². The maximum atomic E-state index is 12.2. The van der Waals surface area contributed by atoms with Crippen molar-refractivity contribution in [2.45, 2.75) is 30.9 Å². The first-order chi connectivity index (χ1) is 13.3. The molecular formula is C20H23NO6S. The normalized spacial score (nSPS) is 15.0. The number of fused-ring (bicyclic) bond motifs is 1. The van der Waals surface area contributed by atoms with Gasteiger partial charge in [-0.05, 0) is 36.6 Å². The zero-order valence-corrected chi connectivity index (χ0v) is 16.4. The van der Waals surface area contributed by atoms with E-state index in [0.29, 0.717) is 13.1 Å². The SMILES string of the molecule is Cc1ccc(S(=O)(=O)OCC(O)COC(=O)N2CCc3ccccc3C2)cc1. The van der Waals surface area contributed by atoms with Crippen LogP contribution in [0, 0.1) is 6.92 Å². The first-order valence-electron chi connectivity index (χ1n) is 8.98. The highest BCUT2D eigenvalue weighted by Gasteiger charge is 2.23. The van der Waals surface area contributed by atoms with E-state index in [4.69, 9.17) is 8.92 Å². The van der Waals surface area contributed by atoms with Crippen LogP contribution in [0.2, 0.25) is 0 Å². The number of aliphatic hydroxyl groups is 1. The summed E-state index contributed by atoms with van der Waals surface area (Å²) in [5, 5.41) is 9.92. The number of hydrogen-bond acceptors (Lipinski definition) is 6. The number of benzene rings is 2. The van der Waals surface area contributed by atoms with Gasteiger partial charge < -0.3 is 14.7 Å². The van der Waals surface area contributed by atoms with E-state index in [1.54, 1.807) is 17.0 Å². The molecule has 1 aliphatic rings. The van der Waals surface area contributed by atoms with Crippen LogP contribution in [0.5, 0.6) is 0 Å². The van der Waals surface area contributed by atoms with Crippen LogP contribution in [0.25, 0.3) is 0 Å². The molecule has 1 aliphatic heterocycles. The summed E-state index contributed by atoms with van der Waals surface area (Å²) < 4.78 is 34.2. The first-order valence-corrected chi connectivity index (χ1v) is 10.4. The van der Waals surface area contributed by atoms with E-state index >= 15 is 0 Å². The number of aliphatic hydroxyl groups excluding tert-OH is 1. The average molecular weight is 405 g/mol. The van der Waals surface area contributed by atoms with Crippen molar-refractivity contribution in [1.82, 2.24) is 4.90 Å². The van der Waals surface area contributed by atoms with Crippen molar-refractivity contribution in [2.24, 2.45) is 0 Å². The summed E-state index contributed by atoms with van der Waals surface area (Å²) in [5.74, 6) is 0. The van der Waals surface area contributed by atoms with E-state index in [2.05, 4.69) is 0 Å². The lowest BCUT2D eigenvalue weighted by Crippen LogP contribution is -2.38. The van der Waals surface area contributed by atoms with Crippen LogP contribution < -0.4 is 0 Å². The Balaban J connectivity index is 1.46. The first kappa shape index (κ1) is 20.3. The van der Waals surface area contributed by atoms with Crippen LogP contribution >= 0.6 is 0 Å². The maximum absolute atomic E-state index is 12.2. The molecule has 1 heterocycles. The van der Waals surface area contributed by atoms with Crippen molar-refractivity contribution < 1.29 is 27.2 Å². The summed E-state index contributed by atoms with van der Waals surface area (Å²) in [7, 11) is -3.98. The number of hydrogen-bond donors (Lipinski definition) is 1. The summed E-state index contributed by atoms with van der Waals surface area (Å²) >= 11 is 0. The van der Waals surface area contributed by atoms with Gasteiger partial charge in [0.05, 0.1) is 11.5 Å². The van der Waals surface area contributed by atoms with Gasteiger partial charge in [0, 0.05) is 13.1 Å². The number of rotatable bonds is 6. The second kappa shape index (κ2) is 8.72. The number of carbonyl (C=O) groups excluding carboxylic acids is 1. The fourth-order valence-corrected chi connectivity index (χ4v) is 3.84. The lowest BCUT2D eigenvalue weighted by molar-refractivity contribution is 0.0253. The van der Waals surface area contributed by atoms with E-state index in [-0.39, 0.29) is 11.5 Å². The molecule has 2 aromatic rings. The molecule has 0 saturated carbocycles. The van der Waals surface area contributed by atoms with Crippen LogP contribution in [0.3, 0.4) is 0 Å². The van der Waals surface area contributed by atoms with Crippen molar-refractivity contribution in [3.63, 3.8) is 0 Å². The maximum Gasteiger partial charge on any atom is 0.410 e. The fourth-order valence-electron chi connectivity index (χ4n) is 2.90. The van der Waals surface area contributed by atoms with Gasteiger partial charge in [-0.25, -0.2) is 4.79 Å². The topological polar surface area (TPSA) is 93.1 Å². The van der Waals surface area contributed by atoms with Gasteiger partial charge in [-0.15, -0.1) is 0 Å². The minimum absolute atomic E-state index is 0.00859. The minimum Gasteiger partial charge on any atom is -0.447 e. The second-order valence-electron chi connectivity index (χ2n) is 6.72. The molecule has 0 bridgehead atoms. The highest BCUT2D eigenvalue weighted by Crippen LogP contribution is 2.19. The Morgan fingerprint density at radius 3 is 2.50 bits per heavy atom. The summed E-state index contributed by atoms with van der Waals surface area (Å²) in [6.45, 7) is 1.98. The Labute approximate surface area is 164 Å². The lowest BCUT2D eigenvalue weighted by Gasteiger charge is -2.28. The third-order valence-corrected chi connectivity index (χ3v) is 5.81. The monoisotopic (exact) mass is 405 g/mol.